The van der Waals surface area contributed by atoms with E-state index in [0.29, 0.717) is 0 Å². The van der Waals surface area contributed by atoms with E-state index in [1.165, 1.54) is 7.11 Å². The quantitative estimate of drug-likeness (QED) is 0.769. The highest BCUT2D eigenvalue weighted by molar-refractivity contribution is 9.10. The van der Waals surface area contributed by atoms with Crippen LogP contribution in [0, 0.1) is 0 Å². The Bertz CT molecular complexity index is 298. The molecular formula is C7H5BrClF2NO. The van der Waals surface area contributed by atoms with Crippen LogP contribution in [0.25, 0.3) is 0 Å². The zero-order valence-corrected chi connectivity index (χ0v) is 8.86. The van der Waals surface area contributed by atoms with Crippen LogP contribution in [0.15, 0.2) is 10.7 Å². The van der Waals surface area contributed by atoms with Gasteiger partial charge >= 0.3 is 0 Å². The molecular weight excluding hydrogens is 267 g/mol. The smallest absolute Gasteiger partial charge is 0.280 e. The van der Waals surface area contributed by atoms with Crippen molar-refractivity contribution in [2.45, 2.75) is 6.43 Å². The van der Waals surface area contributed by atoms with E-state index in [9.17, 15) is 8.78 Å². The Labute approximate surface area is 87.0 Å². The molecule has 2 nitrogen and oxygen atoms in total. The molecule has 0 unspecified atom stereocenters. The van der Waals surface area contributed by atoms with E-state index in [4.69, 9.17) is 16.3 Å². The van der Waals surface area contributed by atoms with E-state index in [1.807, 2.05) is 0 Å². The van der Waals surface area contributed by atoms with Crippen molar-refractivity contribution < 1.29 is 13.5 Å². The minimum absolute atomic E-state index is 0.111. The summed E-state index contributed by atoms with van der Waals surface area (Å²) in [5, 5.41) is 0.111. The molecule has 0 aliphatic carbocycles. The lowest BCUT2D eigenvalue weighted by Gasteiger charge is -2.06. The van der Waals surface area contributed by atoms with Crippen molar-refractivity contribution >= 4 is 27.5 Å². The van der Waals surface area contributed by atoms with Crippen LogP contribution in [0.4, 0.5) is 8.78 Å². The summed E-state index contributed by atoms with van der Waals surface area (Å²) in [5.74, 6) is 0.256. The van der Waals surface area contributed by atoms with Crippen LogP contribution in [0.3, 0.4) is 0 Å². The predicted octanol–water partition coefficient (Wildman–Crippen LogP) is 3.44. The maximum Gasteiger partial charge on any atom is 0.280 e. The molecule has 13 heavy (non-hydrogen) atoms. The molecule has 0 bridgehead atoms. The predicted molar refractivity (Wildman–Crippen MR) is 48.5 cm³/mol. The molecule has 0 aromatic carbocycles. The maximum absolute atomic E-state index is 12.2. The molecule has 0 aliphatic heterocycles. The summed E-state index contributed by atoms with van der Waals surface area (Å²) in [5.41, 5.74) is -0.377. The van der Waals surface area contributed by atoms with Crippen LogP contribution >= 0.6 is 27.5 Å². The molecule has 0 saturated carbocycles. The number of nitrogens with zero attached hydrogens (tertiary/aromatic N) is 1. The van der Waals surface area contributed by atoms with Gasteiger partial charge in [-0.25, -0.2) is 13.8 Å². The Balaban J connectivity index is 3.20. The van der Waals surface area contributed by atoms with Crippen molar-refractivity contribution in [1.29, 1.82) is 0 Å². The number of aromatic nitrogens is 1. The molecule has 1 aromatic rings. The van der Waals surface area contributed by atoms with Crippen molar-refractivity contribution in [2.24, 2.45) is 0 Å². The third-order valence-corrected chi connectivity index (χ3v) is 2.15. The Hall–Kier alpha value is -0.420. The van der Waals surface area contributed by atoms with Crippen LogP contribution in [0.1, 0.15) is 12.1 Å². The van der Waals surface area contributed by atoms with Gasteiger partial charge in [0.1, 0.15) is 10.3 Å². The van der Waals surface area contributed by atoms with Gasteiger partial charge in [0.2, 0.25) is 0 Å². The molecule has 0 saturated heterocycles. The van der Waals surface area contributed by atoms with E-state index in [2.05, 4.69) is 20.9 Å². The standard InChI is InChI=1S/C7H5BrClF2NO/c1-13-5-3(9)2-4(7(10)11)12-6(5)8/h2,7H,1H3. The molecule has 1 rings (SSSR count). The monoisotopic (exact) mass is 271 g/mol. The summed E-state index contributed by atoms with van der Waals surface area (Å²) in [4.78, 5) is 3.56. The van der Waals surface area contributed by atoms with Crippen LogP contribution in [-0.4, -0.2) is 12.1 Å². The number of methoxy groups -OCH3 is 1. The molecule has 0 atom stereocenters. The zero-order chi connectivity index (χ0) is 10.0. The molecule has 0 radical (unpaired) electrons. The molecule has 72 valence electrons. The summed E-state index contributed by atoms with van der Waals surface area (Å²) >= 11 is 8.62. The second-order valence-corrected chi connectivity index (χ2v) is 3.31. The molecule has 0 amide bonds. The first-order chi connectivity index (χ1) is 6.06. The molecule has 0 fully saturated rings. The summed E-state index contributed by atoms with van der Waals surface area (Å²) in [7, 11) is 1.38. The zero-order valence-electron chi connectivity index (χ0n) is 6.52. The van der Waals surface area contributed by atoms with Gasteiger partial charge in [-0.15, -0.1) is 0 Å². The van der Waals surface area contributed by atoms with Crippen LogP contribution in [0.2, 0.25) is 5.02 Å². The van der Waals surface area contributed by atoms with Crippen molar-refractivity contribution in [1.82, 2.24) is 4.98 Å². The van der Waals surface area contributed by atoms with Crippen LogP contribution in [0.5, 0.6) is 5.75 Å². The van der Waals surface area contributed by atoms with Gasteiger partial charge < -0.3 is 4.74 Å². The lowest BCUT2D eigenvalue weighted by atomic mass is 10.3. The van der Waals surface area contributed by atoms with E-state index in [0.717, 1.165) is 6.07 Å². The highest BCUT2D eigenvalue weighted by atomic mass is 79.9. The highest BCUT2D eigenvalue weighted by Crippen LogP contribution is 2.34. The number of hydrogen-bond donors (Lipinski definition) is 0. The molecule has 0 N–H and O–H groups in total. The minimum atomic E-state index is -2.64. The number of ether oxygens (including phenoxy) is 1. The molecule has 6 heteroatoms. The largest absolute Gasteiger partial charge is 0.492 e. The first-order valence-corrected chi connectivity index (χ1v) is 4.41. The second-order valence-electron chi connectivity index (χ2n) is 2.15. The number of halogens is 4. The number of pyridine rings is 1. The van der Waals surface area contributed by atoms with Gasteiger partial charge in [0.25, 0.3) is 6.43 Å². The van der Waals surface area contributed by atoms with Gasteiger partial charge in [-0.2, -0.15) is 0 Å². The Kier molecular flexibility index (Phi) is 3.44. The van der Waals surface area contributed by atoms with Crippen LogP contribution < -0.4 is 4.74 Å². The van der Waals surface area contributed by atoms with Gasteiger partial charge in [-0.1, -0.05) is 11.6 Å². The fourth-order valence-corrected chi connectivity index (χ4v) is 1.76. The van der Waals surface area contributed by atoms with E-state index in [-0.39, 0.29) is 21.1 Å². The van der Waals surface area contributed by atoms with Crippen molar-refractivity contribution in [3.8, 4) is 5.75 Å². The van der Waals surface area contributed by atoms with Gasteiger partial charge in [0.05, 0.1) is 12.1 Å². The third-order valence-electron chi connectivity index (χ3n) is 1.33. The van der Waals surface area contributed by atoms with Gasteiger partial charge in [-0.05, 0) is 22.0 Å². The first kappa shape index (κ1) is 10.7. The topological polar surface area (TPSA) is 22.1 Å². The lowest BCUT2D eigenvalue weighted by molar-refractivity contribution is 0.145. The second kappa shape index (κ2) is 4.19. The molecule has 0 aliphatic rings. The molecule has 1 aromatic heterocycles. The van der Waals surface area contributed by atoms with Gasteiger partial charge in [0, 0.05) is 0 Å². The van der Waals surface area contributed by atoms with E-state index in [1.54, 1.807) is 0 Å². The number of rotatable bonds is 2. The fraction of sp³-hybridized carbons (Fsp3) is 0.286. The number of alkyl halides is 2. The van der Waals surface area contributed by atoms with Crippen molar-refractivity contribution in [2.75, 3.05) is 7.11 Å². The molecule has 1 heterocycles. The normalized spacial score (nSPS) is 10.6. The SMILES string of the molecule is COc1c(Cl)cc(C(F)F)nc1Br. The fourth-order valence-electron chi connectivity index (χ4n) is 0.784. The number of hydrogen-bond acceptors (Lipinski definition) is 2. The van der Waals surface area contributed by atoms with Crippen molar-refractivity contribution in [3.63, 3.8) is 0 Å². The summed E-state index contributed by atoms with van der Waals surface area (Å²) in [6.07, 6.45) is -2.64. The Morgan fingerprint density at radius 2 is 2.23 bits per heavy atom. The summed E-state index contributed by atoms with van der Waals surface area (Å²) < 4.78 is 29.4. The third kappa shape index (κ3) is 2.28. The molecule has 0 spiro atoms. The minimum Gasteiger partial charge on any atom is -0.492 e. The average molecular weight is 272 g/mol. The average Bonchev–Trinajstić information content (AvgIpc) is 2.03. The van der Waals surface area contributed by atoms with E-state index >= 15 is 0 Å². The Morgan fingerprint density at radius 1 is 1.62 bits per heavy atom. The lowest BCUT2D eigenvalue weighted by Crippen LogP contribution is -1.94. The van der Waals surface area contributed by atoms with Crippen LogP contribution in [-0.2, 0) is 0 Å². The highest BCUT2D eigenvalue weighted by Gasteiger charge is 2.15. The first-order valence-electron chi connectivity index (χ1n) is 3.24. The summed E-state index contributed by atoms with van der Waals surface area (Å²) in [6.45, 7) is 0. The van der Waals surface area contributed by atoms with Crippen molar-refractivity contribution in [3.05, 3.63) is 21.4 Å². The summed E-state index contributed by atoms with van der Waals surface area (Å²) in [6, 6.07) is 1.08. The van der Waals surface area contributed by atoms with Gasteiger partial charge in [-0.3, -0.25) is 0 Å². The maximum atomic E-state index is 12.2. The Morgan fingerprint density at radius 3 is 2.62 bits per heavy atom. The van der Waals surface area contributed by atoms with Gasteiger partial charge in [0.15, 0.2) is 5.75 Å². The van der Waals surface area contributed by atoms with E-state index < -0.39 is 6.43 Å².